The Labute approximate surface area is 239 Å². The molecular weight excluding hydrogens is 544 g/mol. The van der Waals surface area contributed by atoms with Crippen molar-refractivity contribution in [2.24, 2.45) is 0 Å². The molecule has 40 heavy (non-hydrogen) atoms. The monoisotopic (exact) mass is 576 g/mol. The first-order valence-electron chi connectivity index (χ1n) is 13.2. The van der Waals surface area contributed by atoms with E-state index in [1.54, 1.807) is 18.3 Å². The number of aryl methyl sites for hydroxylation is 1. The van der Waals surface area contributed by atoms with Crippen LogP contribution in [-0.2, 0) is 17.9 Å². The van der Waals surface area contributed by atoms with Crippen molar-refractivity contribution in [3.8, 4) is 22.4 Å². The molecule has 0 spiro atoms. The standard InChI is InChI=1S/C29H33ClN6O3Si/c1-40(2,3)11-10-39-17-36-25(19-5-9-26(32-14-19)35-29(37)38)16-34-28(36)22-7-4-18-12-20(15-33-27(18)22)23-13-21(30)6-8-24(23)31/h5-6,8-9,12-16,22H,4,7,10-11,17,31H2,1-3H3,(H,32,35)(H,37,38). The Balaban J connectivity index is 1.47. The van der Waals surface area contributed by atoms with E-state index in [2.05, 4.69) is 40.6 Å². The smallest absolute Gasteiger partial charge is 0.410 e. The van der Waals surface area contributed by atoms with E-state index in [9.17, 15) is 4.79 Å². The fraction of sp³-hybridized carbons (Fsp3) is 0.310. The van der Waals surface area contributed by atoms with Gasteiger partial charge in [-0.25, -0.2) is 14.8 Å². The third-order valence-electron chi connectivity index (χ3n) is 7.07. The lowest BCUT2D eigenvalue weighted by atomic mass is 10.0. The fourth-order valence-electron chi connectivity index (χ4n) is 4.95. The van der Waals surface area contributed by atoms with Crippen molar-refractivity contribution in [3.05, 3.63) is 77.1 Å². The number of nitrogens with one attached hydrogen (secondary N) is 1. The predicted molar refractivity (Wildman–Crippen MR) is 160 cm³/mol. The van der Waals surface area contributed by atoms with Gasteiger partial charge in [0, 0.05) is 54.5 Å². The molecule has 3 aromatic heterocycles. The molecule has 0 saturated carbocycles. The number of benzene rings is 1. The van der Waals surface area contributed by atoms with E-state index in [1.807, 2.05) is 30.6 Å². The number of hydrogen-bond donors (Lipinski definition) is 3. The molecule has 3 heterocycles. The van der Waals surface area contributed by atoms with E-state index in [4.69, 9.17) is 37.1 Å². The van der Waals surface area contributed by atoms with Crippen LogP contribution in [0.3, 0.4) is 0 Å². The first kappa shape index (κ1) is 27.8. The second-order valence-electron chi connectivity index (χ2n) is 11.2. The van der Waals surface area contributed by atoms with Gasteiger partial charge in [-0.15, -0.1) is 0 Å². The Morgan fingerprint density at radius 1 is 1.12 bits per heavy atom. The largest absolute Gasteiger partial charge is 0.465 e. The van der Waals surface area contributed by atoms with Crippen molar-refractivity contribution in [3.63, 3.8) is 0 Å². The number of nitrogens with two attached hydrogens (primary N) is 1. The third-order valence-corrected chi connectivity index (χ3v) is 9.01. The van der Waals surface area contributed by atoms with Gasteiger partial charge in [-0.2, -0.15) is 0 Å². The van der Waals surface area contributed by atoms with Crippen LogP contribution in [0.4, 0.5) is 16.3 Å². The van der Waals surface area contributed by atoms with Crippen LogP contribution in [0.25, 0.3) is 22.4 Å². The molecule has 1 aliphatic carbocycles. The van der Waals surface area contributed by atoms with E-state index >= 15 is 0 Å². The molecule has 11 heteroatoms. The number of aromatic nitrogens is 4. The van der Waals surface area contributed by atoms with Gasteiger partial charge in [0.05, 0.1) is 23.5 Å². The first-order chi connectivity index (χ1) is 19.1. The zero-order valence-electron chi connectivity index (χ0n) is 22.8. The number of halogens is 1. The van der Waals surface area contributed by atoms with Crippen molar-refractivity contribution >= 4 is 37.3 Å². The Morgan fingerprint density at radius 2 is 1.93 bits per heavy atom. The number of nitrogen functional groups attached to an aromatic ring is 1. The van der Waals surface area contributed by atoms with Crippen LogP contribution in [0.15, 0.2) is 55.0 Å². The molecule has 1 atom stereocenters. The van der Waals surface area contributed by atoms with Crippen LogP contribution < -0.4 is 11.1 Å². The minimum absolute atomic E-state index is 0.0102. The van der Waals surface area contributed by atoms with Crippen LogP contribution in [0.2, 0.25) is 30.7 Å². The van der Waals surface area contributed by atoms with Gasteiger partial charge in [-0.3, -0.25) is 10.3 Å². The van der Waals surface area contributed by atoms with Crippen LogP contribution in [0, 0.1) is 0 Å². The highest BCUT2D eigenvalue weighted by molar-refractivity contribution is 6.76. The molecule has 9 nitrogen and oxygen atoms in total. The molecule has 208 valence electrons. The van der Waals surface area contributed by atoms with Gasteiger partial charge in [0.25, 0.3) is 0 Å². The summed E-state index contributed by atoms with van der Waals surface area (Å²) in [5.41, 5.74) is 12.6. The number of pyridine rings is 2. The number of carbonyl (C=O) groups is 1. The third kappa shape index (κ3) is 6.19. The van der Waals surface area contributed by atoms with Gasteiger partial charge in [-0.1, -0.05) is 31.2 Å². The molecule has 4 aromatic rings. The zero-order valence-corrected chi connectivity index (χ0v) is 24.6. The van der Waals surface area contributed by atoms with Gasteiger partial charge in [0.2, 0.25) is 0 Å². The molecule has 0 radical (unpaired) electrons. The molecule has 5 rings (SSSR count). The average Bonchev–Trinajstić information content (AvgIpc) is 3.51. The Hall–Kier alpha value is -3.73. The highest BCUT2D eigenvalue weighted by atomic mass is 35.5. The van der Waals surface area contributed by atoms with Crippen LogP contribution in [0.5, 0.6) is 0 Å². The summed E-state index contributed by atoms with van der Waals surface area (Å²) < 4.78 is 8.28. The summed E-state index contributed by atoms with van der Waals surface area (Å²) >= 11 is 6.23. The maximum atomic E-state index is 11.0. The maximum Gasteiger partial charge on any atom is 0.410 e. The molecule has 1 amide bonds. The van der Waals surface area contributed by atoms with Crippen LogP contribution >= 0.6 is 11.6 Å². The Bertz CT molecular complexity index is 1530. The summed E-state index contributed by atoms with van der Waals surface area (Å²) in [6.07, 6.45) is 5.93. The number of imidazole rings is 1. The van der Waals surface area contributed by atoms with Crippen molar-refractivity contribution < 1.29 is 14.6 Å². The lowest BCUT2D eigenvalue weighted by Gasteiger charge is -2.19. The highest BCUT2D eigenvalue weighted by Crippen LogP contribution is 2.40. The number of nitrogens with zero attached hydrogens (tertiary/aromatic N) is 4. The molecule has 0 aliphatic heterocycles. The molecule has 0 bridgehead atoms. The van der Waals surface area contributed by atoms with Crippen LogP contribution in [-0.4, -0.2) is 45.4 Å². The summed E-state index contributed by atoms with van der Waals surface area (Å²) in [6, 6.07) is 12.2. The Morgan fingerprint density at radius 3 is 2.65 bits per heavy atom. The second kappa shape index (κ2) is 11.4. The predicted octanol–water partition coefficient (Wildman–Crippen LogP) is 6.72. The number of carboxylic acid groups (broad SMARTS) is 1. The Kier molecular flexibility index (Phi) is 7.93. The minimum atomic E-state index is -1.25. The van der Waals surface area contributed by atoms with Gasteiger partial charge >= 0.3 is 6.09 Å². The number of amides is 1. The minimum Gasteiger partial charge on any atom is -0.465 e. The van der Waals surface area contributed by atoms with E-state index in [1.165, 1.54) is 5.56 Å². The molecule has 4 N–H and O–H groups in total. The van der Waals surface area contributed by atoms with Gasteiger partial charge < -0.3 is 20.1 Å². The number of anilines is 2. The first-order valence-corrected chi connectivity index (χ1v) is 17.3. The zero-order chi connectivity index (χ0) is 28.4. The number of hydrogen-bond acceptors (Lipinski definition) is 6. The van der Waals surface area contributed by atoms with Crippen molar-refractivity contribution in [1.29, 1.82) is 0 Å². The summed E-state index contributed by atoms with van der Waals surface area (Å²) in [5.74, 6) is 1.16. The van der Waals surface area contributed by atoms with Gasteiger partial charge in [0.1, 0.15) is 18.4 Å². The fourth-order valence-corrected chi connectivity index (χ4v) is 5.87. The molecule has 0 fully saturated rings. The second-order valence-corrected chi connectivity index (χ2v) is 17.3. The number of ether oxygens (including phenoxy) is 1. The average molecular weight is 577 g/mol. The van der Waals surface area contributed by atoms with E-state index in [0.717, 1.165) is 52.8 Å². The summed E-state index contributed by atoms with van der Waals surface area (Å²) in [6.45, 7) is 8.02. The van der Waals surface area contributed by atoms with Gasteiger partial charge in [-0.05, 0) is 60.8 Å². The molecule has 1 unspecified atom stereocenters. The van der Waals surface area contributed by atoms with Crippen molar-refractivity contribution in [1.82, 2.24) is 19.5 Å². The molecule has 1 aromatic carbocycles. The number of rotatable bonds is 9. The van der Waals surface area contributed by atoms with Crippen LogP contribution in [0.1, 0.15) is 29.4 Å². The molecule has 0 saturated heterocycles. The summed E-state index contributed by atoms with van der Waals surface area (Å²) in [5, 5.41) is 11.9. The number of fused-ring (bicyclic) bond motifs is 1. The lowest BCUT2D eigenvalue weighted by molar-refractivity contribution is 0.0857. The summed E-state index contributed by atoms with van der Waals surface area (Å²) in [7, 11) is -1.25. The van der Waals surface area contributed by atoms with E-state index < -0.39 is 14.2 Å². The topological polar surface area (TPSA) is 128 Å². The quantitative estimate of drug-likeness (QED) is 0.114. The van der Waals surface area contributed by atoms with Crippen molar-refractivity contribution in [2.75, 3.05) is 17.7 Å². The maximum absolute atomic E-state index is 11.0. The van der Waals surface area contributed by atoms with E-state index in [0.29, 0.717) is 24.0 Å². The molecular formula is C29H33ClN6O3Si. The van der Waals surface area contributed by atoms with Gasteiger partial charge in [0.15, 0.2) is 0 Å². The highest BCUT2D eigenvalue weighted by Gasteiger charge is 2.31. The normalized spacial score (nSPS) is 14.8. The molecule has 1 aliphatic rings. The SMILES string of the molecule is C[Si](C)(C)CCOCn1c(-c2ccc(NC(=O)O)nc2)cnc1C1CCc2cc(-c3cc(Cl)ccc3N)cnc21. The summed E-state index contributed by atoms with van der Waals surface area (Å²) in [4.78, 5) is 25.0. The van der Waals surface area contributed by atoms with Crippen molar-refractivity contribution in [2.45, 2.75) is 51.2 Å². The lowest BCUT2D eigenvalue weighted by Crippen LogP contribution is -2.22. The van der Waals surface area contributed by atoms with E-state index in [-0.39, 0.29) is 11.7 Å².